The monoisotopic (exact) mass is 219 g/mol. The van der Waals surface area contributed by atoms with E-state index in [-0.39, 0.29) is 0 Å². The molecule has 1 saturated heterocycles. The second-order valence-corrected chi connectivity index (χ2v) is 4.29. The molecule has 0 amide bonds. The summed E-state index contributed by atoms with van der Waals surface area (Å²) in [5.41, 5.74) is 0. The Hall–Kier alpha value is 0.440. The average molecular weight is 220 g/mol. The number of alkyl halides is 1. The molecule has 1 nitrogen and oxygen atoms in total. The summed E-state index contributed by atoms with van der Waals surface area (Å²) < 4.78 is 0. The minimum atomic E-state index is 0.802. The second kappa shape index (κ2) is 5.15. The lowest BCUT2D eigenvalue weighted by Crippen LogP contribution is -2.35. The number of piperidine rings is 1. The molecule has 1 heterocycles. The highest BCUT2D eigenvalue weighted by Gasteiger charge is 2.14. The van der Waals surface area contributed by atoms with Crippen LogP contribution < -0.4 is 5.32 Å². The predicted octanol–water partition coefficient (Wildman–Crippen LogP) is 2.55. The summed E-state index contributed by atoms with van der Waals surface area (Å²) >= 11 is 3.51. The van der Waals surface area contributed by atoms with Gasteiger partial charge in [-0.05, 0) is 31.7 Å². The predicted molar refractivity (Wildman–Crippen MR) is 53.2 cm³/mol. The maximum absolute atomic E-state index is 3.56. The SMILES string of the molecule is CC(CBr)CC1CCCCN1. The van der Waals surface area contributed by atoms with Gasteiger partial charge in [-0.1, -0.05) is 29.3 Å². The number of hydrogen-bond acceptors (Lipinski definition) is 1. The maximum atomic E-state index is 3.56. The van der Waals surface area contributed by atoms with Crippen molar-refractivity contribution >= 4 is 15.9 Å². The lowest BCUT2D eigenvalue weighted by Gasteiger charge is -2.25. The van der Waals surface area contributed by atoms with Crippen LogP contribution in [-0.4, -0.2) is 17.9 Å². The summed E-state index contributed by atoms with van der Waals surface area (Å²) in [5.74, 6) is 0.825. The Morgan fingerprint density at radius 3 is 2.91 bits per heavy atom. The van der Waals surface area contributed by atoms with Crippen LogP contribution in [0.25, 0.3) is 0 Å². The number of rotatable bonds is 3. The van der Waals surface area contributed by atoms with Crippen molar-refractivity contribution in [1.29, 1.82) is 0 Å². The van der Waals surface area contributed by atoms with Crippen LogP contribution in [0.4, 0.5) is 0 Å². The average Bonchev–Trinajstić information content (AvgIpc) is 2.06. The summed E-state index contributed by atoms with van der Waals surface area (Å²) in [4.78, 5) is 0. The second-order valence-electron chi connectivity index (χ2n) is 3.64. The normalized spacial score (nSPS) is 28.4. The molecule has 1 N–H and O–H groups in total. The molecule has 0 aromatic rings. The van der Waals surface area contributed by atoms with Crippen LogP contribution in [0.15, 0.2) is 0 Å². The number of nitrogens with one attached hydrogen (secondary N) is 1. The van der Waals surface area contributed by atoms with Crippen LogP contribution >= 0.6 is 15.9 Å². The van der Waals surface area contributed by atoms with Gasteiger partial charge < -0.3 is 5.32 Å². The fraction of sp³-hybridized carbons (Fsp3) is 1.00. The van der Waals surface area contributed by atoms with Crippen LogP contribution in [-0.2, 0) is 0 Å². The molecule has 0 radical (unpaired) electrons. The molecule has 0 spiro atoms. The van der Waals surface area contributed by atoms with Crippen LogP contribution in [0.3, 0.4) is 0 Å². The van der Waals surface area contributed by atoms with E-state index in [1.807, 2.05) is 0 Å². The molecule has 1 aliphatic heterocycles. The summed E-state index contributed by atoms with van der Waals surface area (Å²) in [6, 6.07) is 0.802. The molecule has 0 aliphatic carbocycles. The summed E-state index contributed by atoms with van der Waals surface area (Å²) in [6.45, 7) is 3.55. The molecule has 1 fully saturated rings. The van der Waals surface area contributed by atoms with E-state index in [1.54, 1.807) is 0 Å². The van der Waals surface area contributed by atoms with Gasteiger partial charge in [-0.2, -0.15) is 0 Å². The lowest BCUT2D eigenvalue weighted by molar-refractivity contribution is 0.350. The third-order valence-electron chi connectivity index (χ3n) is 2.36. The molecule has 0 aromatic heterocycles. The Morgan fingerprint density at radius 2 is 2.36 bits per heavy atom. The first-order valence-corrected chi connectivity index (χ1v) is 5.74. The van der Waals surface area contributed by atoms with E-state index in [0.717, 1.165) is 17.3 Å². The van der Waals surface area contributed by atoms with E-state index in [9.17, 15) is 0 Å². The van der Waals surface area contributed by atoms with Crippen molar-refractivity contribution < 1.29 is 0 Å². The fourth-order valence-electron chi connectivity index (χ4n) is 1.67. The van der Waals surface area contributed by atoms with Gasteiger partial charge in [0.1, 0.15) is 0 Å². The van der Waals surface area contributed by atoms with Crippen molar-refractivity contribution in [3.8, 4) is 0 Å². The van der Waals surface area contributed by atoms with Crippen LogP contribution in [0.2, 0.25) is 0 Å². The van der Waals surface area contributed by atoms with Crippen molar-refractivity contribution in [2.24, 2.45) is 5.92 Å². The minimum Gasteiger partial charge on any atom is -0.314 e. The summed E-state index contributed by atoms with van der Waals surface area (Å²) in [5, 5.41) is 4.71. The first-order chi connectivity index (χ1) is 5.33. The molecule has 11 heavy (non-hydrogen) atoms. The Balaban J connectivity index is 2.13. The molecule has 2 atom stereocenters. The third-order valence-corrected chi connectivity index (χ3v) is 3.47. The van der Waals surface area contributed by atoms with E-state index in [1.165, 1.54) is 32.2 Å². The van der Waals surface area contributed by atoms with E-state index >= 15 is 0 Å². The Kier molecular flexibility index (Phi) is 4.46. The molecule has 1 rings (SSSR count). The molecule has 66 valence electrons. The smallest absolute Gasteiger partial charge is 0.00698 e. The zero-order valence-electron chi connectivity index (χ0n) is 7.28. The maximum Gasteiger partial charge on any atom is 0.00698 e. The highest BCUT2D eigenvalue weighted by atomic mass is 79.9. The van der Waals surface area contributed by atoms with E-state index in [4.69, 9.17) is 0 Å². The highest BCUT2D eigenvalue weighted by molar-refractivity contribution is 9.09. The molecule has 0 bridgehead atoms. The van der Waals surface area contributed by atoms with Gasteiger partial charge in [-0.3, -0.25) is 0 Å². The molecule has 2 heteroatoms. The van der Waals surface area contributed by atoms with Gasteiger partial charge >= 0.3 is 0 Å². The molecule has 0 aromatic carbocycles. The minimum absolute atomic E-state index is 0.802. The first-order valence-electron chi connectivity index (χ1n) is 4.62. The Bertz CT molecular complexity index is 99.7. The van der Waals surface area contributed by atoms with Gasteiger partial charge in [0, 0.05) is 11.4 Å². The Labute approximate surface area is 78.1 Å². The zero-order chi connectivity index (χ0) is 8.10. The standard InChI is InChI=1S/C9H18BrN/c1-8(7-10)6-9-4-2-3-5-11-9/h8-9,11H,2-7H2,1H3. The van der Waals surface area contributed by atoms with Gasteiger partial charge in [0.25, 0.3) is 0 Å². The quantitative estimate of drug-likeness (QED) is 0.720. The molecule has 0 saturated carbocycles. The zero-order valence-corrected chi connectivity index (χ0v) is 8.86. The molecular formula is C9H18BrN. The van der Waals surface area contributed by atoms with Crippen LogP contribution in [0.5, 0.6) is 0 Å². The van der Waals surface area contributed by atoms with Crippen molar-refractivity contribution in [3.63, 3.8) is 0 Å². The topological polar surface area (TPSA) is 12.0 Å². The van der Waals surface area contributed by atoms with E-state index in [2.05, 4.69) is 28.2 Å². The van der Waals surface area contributed by atoms with Crippen molar-refractivity contribution in [2.45, 2.75) is 38.6 Å². The van der Waals surface area contributed by atoms with Crippen LogP contribution in [0, 0.1) is 5.92 Å². The van der Waals surface area contributed by atoms with Crippen molar-refractivity contribution in [2.75, 3.05) is 11.9 Å². The lowest BCUT2D eigenvalue weighted by atomic mass is 9.96. The largest absolute Gasteiger partial charge is 0.314 e. The van der Waals surface area contributed by atoms with Gasteiger partial charge in [0.15, 0.2) is 0 Å². The number of halogens is 1. The fourth-order valence-corrected chi connectivity index (χ4v) is 1.94. The van der Waals surface area contributed by atoms with Gasteiger partial charge in [0.05, 0.1) is 0 Å². The molecule has 1 aliphatic rings. The van der Waals surface area contributed by atoms with E-state index in [0.29, 0.717) is 0 Å². The molecule has 2 unspecified atom stereocenters. The van der Waals surface area contributed by atoms with Crippen LogP contribution in [0.1, 0.15) is 32.6 Å². The van der Waals surface area contributed by atoms with Crippen molar-refractivity contribution in [1.82, 2.24) is 5.32 Å². The number of hydrogen-bond donors (Lipinski definition) is 1. The van der Waals surface area contributed by atoms with Gasteiger partial charge in [-0.15, -0.1) is 0 Å². The van der Waals surface area contributed by atoms with Gasteiger partial charge in [-0.25, -0.2) is 0 Å². The summed E-state index contributed by atoms with van der Waals surface area (Å²) in [7, 11) is 0. The first kappa shape index (κ1) is 9.53. The van der Waals surface area contributed by atoms with Crippen molar-refractivity contribution in [3.05, 3.63) is 0 Å². The summed E-state index contributed by atoms with van der Waals surface area (Å²) in [6.07, 6.45) is 5.52. The van der Waals surface area contributed by atoms with E-state index < -0.39 is 0 Å². The third kappa shape index (κ3) is 3.57. The molecular weight excluding hydrogens is 202 g/mol. The van der Waals surface area contributed by atoms with Gasteiger partial charge in [0.2, 0.25) is 0 Å². The Morgan fingerprint density at radius 1 is 1.55 bits per heavy atom. The highest BCUT2D eigenvalue weighted by Crippen LogP contribution is 2.16.